The number of amides is 1. The molecule has 1 unspecified atom stereocenters. The van der Waals surface area contributed by atoms with Crippen molar-refractivity contribution in [2.24, 2.45) is 0 Å². The number of H-pyrrole nitrogens is 1. The van der Waals surface area contributed by atoms with Gasteiger partial charge in [0.15, 0.2) is 0 Å². The number of rotatable bonds is 7. The van der Waals surface area contributed by atoms with Crippen molar-refractivity contribution < 1.29 is 19.1 Å². The number of aromatic amines is 1. The van der Waals surface area contributed by atoms with Crippen LogP contribution in [0.2, 0.25) is 0 Å². The molecule has 0 fully saturated rings. The van der Waals surface area contributed by atoms with E-state index >= 15 is 0 Å². The van der Waals surface area contributed by atoms with E-state index in [0.29, 0.717) is 23.6 Å². The number of aromatic nitrogens is 2. The van der Waals surface area contributed by atoms with Crippen molar-refractivity contribution in [3.05, 3.63) is 101 Å². The molecule has 1 aromatic heterocycles. The van der Waals surface area contributed by atoms with E-state index in [1.54, 1.807) is 43.2 Å². The van der Waals surface area contributed by atoms with E-state index in [1.165, 1.54) is 5.56 Å². The smallest absolute Gasteiger partial charge is 0.338 e. The first-order valence-corrected chi connectivity index (χ1v) is 12.0. The highest BCUT2D eigenvalue weighted by Crippen LogP contribution is 2.45. The molecule has 0 bridgehead atoms. The second kappa shape index (κ2) is 9.70. The number of carbonyl (C=O) groups excluding carboxylic acids is 2. The van der Waals surface area contributed by atoms with E-state index in [0.717, 1.165) is 34.6 Å². The lowest BCUT2D eigenvalue weighted by atomic mass is 9.95. The van der Waals surface area contributed by atoms with Gasteiger partial charge < -0.3 is 9.47 Å². The van der Waals surface area contributed by atoms with Crippen molar-refractivity contribution in [1.29, 1.82) is 0 Å². The fourth-order valence-corrected chi connectivity index (χ4v) is 4.61. The minimum absolute atomic E-state index is 0.175. The van der Waals surface area contributed by atoms with Crippen LogP contribution >= 0.6 is 0 Å². The summed E-state index contributed by atoms with van der Waals surface area (Å²) in [6.45, 7) is 4.18. The molecular weight excluding hydrogens is 454 g/mol. The van der Waals surface area contributed by atoms with Gasteiger partial charge in [-0.1, -0.05) is 31.2 Å². The lowest BCUT2D eigenvalue weighted by Gasteiger charge is -2.27. The summed E-state index contributed by atoms with van der Waals surface area (Å²) < 4.78 is 10.4. The third-order valence-electron chi connectivity index (χ3n) is 6.49. The Kier molecular flexibility index (Phi) is 6.29. The van der Waals surface area contributed by atoms with Crippen molar-refractivity contribution in [2.75, 3.05) is 18.6 Å². The van der Waals surface area contributed by atoms with Crippen molar-refractivity contribution in [3.8, 4) is 17.0 Å². The summed E-state index contributed by atoms with van der Waals surface area (Å²) in [7, 11) is 1.63. The first-order valence-electron chi connectivity index (χ1n) is 12.0. The molecule has 4 aromatic rings. The monoisotopic (exact) mass is 481 g/mol. The van der Waals surface area contributed by atoms with Gasteiger partial charge in [0.05, 0.1) is 31.0 Å². The van der Waals surface area contributed by atoms with Crippen LogP contribution in [0.25, 0.3) is 11.3 Å². The average molecular weight is 482 g/mol. The summed E-state index contributed by atoms with van der Waals surface area (Å²) in [5.41, 5.74) is 6.20. The number of ether oxygens (including phenoxy) is 2. The lowest BCUT2D eigenvalue weighted by molar-refractivity contribution is 0.0526. The number of methoxy groups -OCH3 is 1. The Morgan fingerprint density at radius 2 is 1.67 bits per heavy atom. The average Bonchev–Trinajstić information content (AvgIpc) is 3.48. The first kappa shape index (κ1) is 23.4. The highest BCUT2D eigenvalue weighted by atomic mass is 16.5. The number of nitrogens with zero attached hydrogens (tertiary/aromatic N) is 2. The maximum Gasteiger partial charge on any atom is 0.338 e. The number of benzene rings is 3. The van der Waals surface area contributed by atoms with Crippen LogP contribution in [0.1, 0.15) is 57.4 Å². The zero-order chi connectivity index (χ0) is 25.2. The van der Waals surface area contributed by atoms with Crippen LogP contribution < -0.4 is 9.64 Å². The normalized spacial score (nSPS) is 14.6. The van der Waals surface area contributed by atoms with Gasteiger partial charge in [-0.25, -0.2) is 4.79 Å². The first-order chi connectivity index (χ1) is 17.5. The highest BCUT2D eigenvalue weighted by molar-refractivity contribution is 6.12. The molecule has 1 aliphatic rings. The summed E-state index contributed by atoms with van der Waals surface area (Å²) in [6.07, 6.45) is 0.928. The molecule has 2 heterocycles. The zero-order valence-electron chi connectivity index (χ0n) is 20.4. The molecule has 0 aliphatic carbocycles. The fourth-order valence-electron chi connectivity index (χ4n) is 4.61. The molecule has 7 nitrogen and oxygen atoms in total. The van der Waals surface area contributed by atoms with Crippen LogP contribution in [-0.4, -0.2) is 35.8 Å². The molecule has 0 saturated heterocycles. The predicted octanol–water partition coefficient (Wildman–Crippen LogP) is 5.57. The second-order valence-electron chi connectivity index (χ2n) is 8.53. The van der Waals surface area contributed by atoms with Crippen LogP contribution in [0.5, 0.6) is 5.75 Å². The third-order valence-corrected chi connectivity index (χ3v) is 6.49. The molecule has 1 aliphatic heterocycles. The molecule has 1 amide bonds. The Morgan fingerprint density at radius 1 is 0.972 bits per heavy atom. The molecule has 182 valence electrons. The Labute approximate surface area is 209 Å². The van der Waals surface area contributed by atoms with Crippen LogP contribution in [-0.2, 0) is 11.2 Å². The standard InChI is InChI=1S/C29H27N3O4/c1-4-18-6-8-20(9-7-18)27-24-25(19-12-16-23(35-3)17-13-19)30-31-26(24)28(33)32(27)22-14-10-21(11-15-22)29(34)36-5-2/h6-17,27H,4-5H2,1-3H3,(H,30,31). The molecule has 0 radical (unpaired) electrons. The minimum Gasteiger partial charge on any atom is -0.497 e. The molecule has 1 N–H and O–H groups in total. The van der Waals surface area contributed by atoms with Gasteiger partial charge in [0.1, 0.15) is 11.4 Å². The quantitative estimate of drug-likeness (QED) is 0.349. The largest absolute Gasteiger partial charge is 0.497 e. The van der Waals surface area contributed by atoms with E-state index in [1.807, 2.05) is 24.3 Å². The number of aryl methyl sites for hydroxylation is 1. The summed E-state index contributed by atoms with van der Waals surface area (Å²) in [5, 5.41) is 7.52. The molecule has 3 aromatic carbocycles. The van der Waals surface area contributed by atoms with Gasteiger partial charge in [0.2, 0.25) is 0 Å². The van der Waals surface area contributed by atoms with Gasteiger partial charge >= 0.3 is 5.97 Å². The highest BCUT2D eigenvalue weighted by Gasteiger charge is 2.43. The van der Waals surface area contributed by atoms with Crippen LogP contribution in [0.4, 0.5) is 5.69 Å². The van der Waals surface area contributed by atoms with Gasteiger partial charge in [-0.3, -0.25) is 14.8 Å². The summed E-state index contributed by atoms with van der Waals surface area (Å²) >= 11 is 0. The summed E-state index contributed by atoms with van der Waals surface area (Å²) in [5.74, 6) is 0.183. The van der Waals surface area contributed by atoms with Crippen molar-refractivity contribution in [3.63, 3.8) is 0 Å². The van der Waals surface area contributed by atoms with Gasteiger partial charge in [0, 0.05) is 16.8 Å². The Morgan fingerprint density at radius 3 is 2.28 bits per heavy atom. The minimum atomic E-state index is -0.389. The van der Waals surface area contributed by atoms with Crippen molar-refractivity contribution >= 4 is 17.6 Å². The lowest BCUT2D eigenvalue weighted by Crippen LogP contribution is -2.29. The number of esters is 1. The van der Waals surface area contributed by atoms with Gasteiger partial charge in [-0.2, -0.15) is 5.10 Å². The summed E-state index contributed by atoms with van der Waals surface area (Å²) in [4.78, 5) is 27.6. The predicted molar refractivity (Wildman–Crippen MR) is 137 cm³/mol. The van der Waals surface area contributed by atoms with E-state index in [9.17, 15) is 9.59 Å². The molecule has 0 spiro atoms. The number of hydrogen-bond acceptors (Lipinski definition) is 5. The molecule has 0 saturated carbocycles. The van der Waals surface area contributed by atoms with Gasteiger partial charge in [-0.15, -0.1) is 0 Å². The number of nitrogens with one attached hydrogen (secondary N) is 1. The van der Waals surface area contributed by atoms with E-state index < -0.39 is 0 Å². The van der Waals surface area contributed by atoms with E-state index in [4.69, 9.17) is 9.47 Å². The Hall–Kier alpha value is -4.39. The van der Waals surface area contributed by atoms with E-state index in [-0.39, 0.29) is 17.9 Å². The Bertz CT molecular complexity index is 1390. The van der Waals surface area contributed by atoms with Crippen LogP contribution in [0.15, 0.2) is 72.8 Å². The SMILES string of the molecule is CCOC(=O)c1ccc(N2C(=O)c3[nH]nc(-c4ccc(OC)cc4)c3C2c2ccc(CC)cc2)cc1. The van der Waals surface area contributed by atoms with Gasteiger partial charge in [0.25, 0.3) is 5.91 Å². The maximum atomic E-state index is 13.7. The van der Waals surface area contributed by atoms with Crippen molar-refractivity contribution in [1.82, 2.24) is 10.2 Å². The number of hydrogen-bond donors (Lipinski definition) is 1. The zero-order valence-corrected chi connectivity index (χ0v) is 20.4. The molecule has 5 rings (SSSR count). The van der Waals surface area contributed by atoms with Crippen LogP contribution in [0.3, 0.4) is 0 Å². The number of fused-ring (bicyclic) bond motifs is 1. The van der Waals surface area contributed by atoms with E-state index in [2.05, 4.69) is 41.4 Å². The number of carbonyl (C=O) groups is 2. The second-order valence-corrected chi connectivity index (χ2v) is 8.53. The number of anilines is 1. The van der Waals surface area contributed by atoms with Crippen molar-refractivity contribution in [2.45, 2.75) is 26.3 Å². The summed E-state index contributed by atoms with van der Waals surface area (Å²) in [6, 6.07) is 22.5. The molecular formula is C29H27N3O4. The molecule has 7 heteroatoms. The third kappa shape index (κ3) is 4.02. The van der Waals surface area contributed by atoms with Gasteiger partial charge in [-0.05, 0) is 73.0 Å². The topological polar surface area (TPSA) is 84.5 Å². The van der Waals surface area contributed by atoms with Crippen LogP contribution in [0, 0.1) is 0 Å². The fraction of sp³-hybridized carbons (Fsp3) is 0.207. The molecule has 1 atom stereocenters. The Balaban J connectivity index is 1.61. The maximum absolute atomic E-state index is 13.7. The molecule has 36 heavy (non-hydrogen) atoms.